The highest BCUT2D eigenvalue weighted by molar-refractivity contribution is 5.93. The SMILES string of the molecule is COC(=O)c1ccc(NC(=O)C[NH2+]C2CCCCC2)cc1. The Morgan fingerprint density at radius 1 is 1.19 bits per heavy atom. The van der Waals surface area contributed by atoms with Gasteiger partial charge >= 0.3 is 5.97 Å². The lowest BCUT2D eigenvalue weighted by Gasteiger charge is -2.19. The van der Waals surface area contributed by atoms with Crippen molar-refractivity contribution in [1.29, 1.82) is 0 Å². The molecule has 5 heteroatoms. The van der Waals surface area contributed by atoms with Gasteiger partial charge in [0, 0.05) is 5.69 Å². The number of amides is 1. The summed E-state index contributed by atoms with van der Waals surface area (Å²) in [4.78, 5) is 23.2. The summed E-state index contributed by atoms with van der Waals surface area (Å²) in [5, 5.41) is 4.98. The van der Waals surface area contributed by atoms with Crippen molar-refractivity contribution in [3.05, 3.63) is 29.8 Å². The first kappa shape index (κ1) is 15.5. The van der Waals surface area contributed by atoms with Gasteiger partial charge in [-0.15, -0.1) is 0 Å². The Labute approximate surface area is 125 Å². The van der Waals surface area contributed by atoms with Gasteiger partial charge in [-0.1, -0.05) is 6.42 Å². The molecule has 0 atom stereocenters. The minimum absolute atomic E-state index is 0.00797. The summed E-state index contributed by atoms with van der Waals surface area (Å²) < 4.78 is 4.63. The Kier molecular flexibility index (Phi) is 5.75. The third-order valence-electron chi connectivity index (χ3n) is 3.88. The van der Waals surface area contributed by atoms with Gasteiger partial charge in [0.1, 0.15) is 0 Å². The standard InChI is InChI=1S/C16H22N2O3/c1-21-16(20)12-7-9-14(10-8-12)18-15(19)11-17-13-5-3-2-4-6-13/h7-10,13,17H,2-6,11H2,1H3,(H,18,19)/p+1. The minimum atomic E-state index is -0.376. The molecule has 1 aromatic carbocycles. The maximum Gasteiger partial charge on any atom is 0.337 e. The topological polar surface area (TPSA) is 72.0 Å². The quantitative estimate of drug-likeness (QED) is 0.803. The number of carbonyl (C=O) groups is 2. The predicted octanol–water partition coefficient (Wildman–Crippen LogP) is 1.31. The molecule has 5 nitrogen and oxygen atoms in total. The van der Waals surface area contributed by atoms with Crippen LogP contribution < -0.4 is 10.6 Å². The van der Waals surface area contributed by atoms with Crippen LogP contribution in [0.2, 0.25) is 0 Å². The van der Waals surface area contributed by atoms with Crippen LogP contribution in [0.25, 0.3) is 0 Å². The zero-order chi connectivity index (χ0) is 15.1. The number of benzene rings is 1. The molecule has 0 heterocycles. The van der Waals surface area contributed by atoms with Crippen molar-refractivity contribution >= 4 is 17.6 Å². The second-order valence-electron chi connectivity index (χ2n) is 5.46. The van der Waals surface area contributed by atoms with Crippen LogP contribution in [-0.4, -0.2) is 31.6 Å². The van der Waals surface area contributed by atoms with Gasteiger partial charge in [-0.25, -0.2) is 4.79 Å². The van der Waals surface area contributed by atoms with Crippen molar-refractivity contribution < 1.29 is 19.6 Å². The van der Waals surface area contributed by atoms with Crippen LogP contribution in [0, 0.1) is 0 Å². The summed E-state index contributed by atoms with van der Waals surface area (Å²) in [5.74, 6) is -0.384. The maximum atomic E-state index is 11.9. The molecule has 1 saturated carbocycles. The summed E-state index contributed by atoms with van der Waals surface area (Å²) in [6.45, 7) is 0.448. The first-order chi connectivity index (χ1) is 10.2. The molecule has 0 aliphatic heterocycles. The van der Waals surface area contributed by atoms with Gasteiger partial charge in [0.2, 0.25) is 0 Å². The van der Waals surface area contributed by atoms with Crippen molar-refractivity contribution in [3.8, 4) is 0 Å². The summed E-state index contributed by atoms with van der Waals surface area (Å²) in [6, 6.07) is 7.31. The Hall–Kier alpha value is -1.88. The van der Waals surface area contributed by atoms with Crippen LogP contribution in [0.3, 0.4) is 0 Å². The maximum absolute atomic E-state index is 11.9. The van der Waals surface area contributed by atoms with Gasteiger partial charge in [-0.2, -0.15) is 0 Å². The first-order valence-electron chi connectivity index (χ1n) is 7.50. The highest BCUT2D eigenvalue weighted by Gasteiger charge is 2.17. The van der Waals surface area contributed by atoms with E-state index in [1.807, 2.05) is 0 Å². The van der Waals surface area contributed by atoms with Crippen LogP contribution in [0.1, 0.15) is 42.5 Å². The highest BCUT2D eigenvalue weighted by atomic mass is 16.5. The average molecular weight is 291 g/mol. The van der Waals surface area contributed by atoms with Crippen LogP contribution in [0.15, 0.2) is 24.3 Å². The molecule has 1 amide bonds. The Morgan fingerprint density at radius 2 is 1.86 bits per heavy atom. The van der Waals surface area contributed by atoms with E-state index in [1.165, 1.54) is 39.2 Å². The average Bonchev–Trinajstić information content (AvgIpc) is 2.54. The number of anilines is 1. The molecule has 0 bridgehead atoms. The second-order valence-corrected chi connectivity index (χ2v) is 5.46. The number of quaternary nitrogens is 1. The molecule has 1 aliphatic carbocycles. The molecule has 114 valence electrons. The number of hydrogen-bond acceptors (Lipinski definition) is 3. The van der Waals surface area contributed by atoms with Gasteiger partial charge in [-0.3, -0.25) is 4.79 Å². The van der Waals surface area contributed by atoms with Gasteiger partial charge in [0.25, 0.3) is 5.91 Å². The molecule has 21 heavy (non-hydrogen) atoms. The summed E-state index contributed by atoms with van der Waals surface area (Å²) >= 11 is 0. The van der Waals surface area contributed by atoms with Crippen LogP contribution >= 0.6 is 0 Å². The Morgan fingerprint density at radius 3 is 2.48 bits per heavy atom. The highest BCUT2D eigenvalue weighted by Crippen LogP contribution is 2.14. The van der Waals surface area contributed by atoms with Crippen molar-refractivity contribution in [2.45, 2.75) is 38.1 Å². The number of nitrogens with one attached hydrogen (secondary N) is 1. The van der Waals surface area contributed by atoms with E-state index in [-0.39, 0.29) is 11.9 Å². The lowest BCUT2D eigenvalue weighted by molar-refractivity contribution is -0.681. The van der Waals surface area contributed by atoms with Gasteiger partial charge in [0.15, 0.2) is 6.54 Å². The van der Waals surface area contributed by atoms with Gasteiger partial charge in [-0.05, 0) is 49.9 Å². The van der Waals surface area contributed by atoms with Crippen molar-refractivity contribution in [2.24, 2.45) is 0 Å². The lowest BCUT2D eigenvalue weighted by Crippen LogP contribution is -2.91. The number of hydrogen-bond donors (Lipinski definition) is 2. The fraction of sp³-hybridized carbons (Fsp3) is 0.500. The number of ether oxygens (including phenoxy) is 1. The monoisotopic (exact) mass is 291 g/mol. The lowest BCUT2D eigenvalue weighted by atomic mass is 9.95. The number of carbonyl (C=O) groups excluding carboxylic acids is 2. The molecular formula is C16H23N2O3+. The molecule has 0 unspecified atom stereocenters. The van der Waals surface area contributed by atoms with Gasteiger partial charge in [0.05, 0.1) is 18.7 Å². The number of methoxy groups -OCH3 is 1. The van der Waals surface area contributed by atoms with Crippen molar-refractivity contribution in [1.82, 2.24) is 0 Å². The Bertz CT molecular complexity index is 479. The summed E-state index contributed by atoms with van der Waals surface area (Å²) in [6.07, 6.45) is 6.29. The molecule has 1 fully saturated rings. The normalized spacial score (nSPS) is 15.5. The molecule has 1 aromatic rings. The van der Waals surface area contributed by atoms with Gasteiger partial charge < -0.3 is 15.4 Å². The zero-order valence-corrected chi connectivity index (χ0v) is 12.4. The molecule has 2 rings (SSSR count). The van der Waals surface area contributed by atoms with E-state index in [9.17, 15) is 9.59 Å². The smallest absolute Gasteiger partial charge is 0.337 e. The molecule has 1 aliphatic rings. The number of rotatable bonds is 5. The summed E-state index contributed by atoms with van der Waals surface area (Å²) in [7, 11) is 1.35. The van der Waals surface area contributed by atoms with E-state index >= 15 is 0 Å². The van der Waals surface area contributed by atoms with E-state index in [1.54, 1.807) is 24.3 Å². The zero-order valence-electron chi connectivity index (χ0n) is 12.4. The van der Waals surface area contributed by atoms with Crippen LogP contribution in [-0.2, 0) is 9.53 Å². The fourth-order valence-electron chi connectivity index (χ4n) is 2.66. The van der Waals surface area contributed by atoms with E-state index in [4.69, 9.17) is 0 Å². The second kappa shape index (κ2) is 7.78. The summed E-state index contributed by atoms with van der Waals surface area (Å²) in [5.41, 5.74) is 1.17. The molecule has 0 radical (unpaired) electrons. The number of nitrogens with two attached hydrogens (primary N) is 1. The molecule has 0 aromatic heterocycles. The Balaban J connectivity index is 1.77. The molecule has 0 spiro atoms. The largest absolute Gasteiger partial charge is 0.465 e. The molecule has 0 saturated heterocycles. The third kappa shape index (κ3) is 4.86. The first-order valence-corrected chi connectivity index (χ1v) is 7.50. The third-order valence-corrected chi connectivity index (χ3v) is 3.88. The van der Waals surface area contributed by atoms with E-state index in [2.05, 4.69) is 15.4 Å². The molecule has 3 N–H and O–H groups in total. The minimum Gasteiger partial charge on any atom is -0.465 e. The predicted molar refractivity (Wildman–Crippen MR) is 80.1 cm³/mol. The van der Waals surface area contributed by atoms with Crippen molar-refractivity contribution in [3.63, 3.8) is 0 Å². The van der Waals surface area contributed by atoms with E-state index < -0.39 is 0 Å². The van der Waals surface area contributed by atoms with Crippen LogP contribution in [0.4, 0.5) is 5.69 Å². The van der Waals surface area contributed by atoms with E-state index in [0.29, 0.717) is 23.8 Å². The van der Waals surface area contributed by atoms with E-state index in [0.717, 1.165) is 0 Å². The van der Waals surface area contributed by atoms with Crippen LogP contribution in [0.5, 0.6) is 0 Å². The molecular weight excluding hydrogens is 268 g/mol. The fourth-order valence-corrected chi connectivity index (χ4v) is 2.66. The van der Waals surface area contributed by atoms with Crippen molar-refractivity contribution in [2.75, 3.05) is 19.0 Å². The number of esters is 1.